The normalized spacial score (nSPS) is 17.2. The summed E-state index contributed by atoms with van der Waals surface area (Å²) in [6.07, 6.45) is 2.67. The quantitative estimate of drug-likeness (QED) is 0.672. The van der Waals surface area contributed by atoms with Crippen LogP contribution in [0.15, 0.2) is 12.3 Å². The molecule has 8 heteroatoms. The number of nitrogens with one attached hydrogen (secondary N) is 1. The van der Waals surface area contributed by atoms with Gasteiger partial charge in [-0.15, -0.1) is 0 Å². The maximum Gasteiger partial charge on any atom is 0.203 e. The minimum Gasteiger partial charge on any atom is -0.488 e. The van der Waals surface area contributed by atoms with E-state index in [0.717, 1.165) is 11.8 Å². The maximum atomic E-state index is 13.7. The second kappa shape index (κ2) is 5.77. The summed E-state index contributed by atoms with van der Waals surface area (Å²) in [6, 6.07) is 0.746. The molecule has 1 unspecified atom stereocenters. The number of ether oxygens (including phenoxy) is 1. The molecule has 3 rings (SSSR count). The Morgan fingerprint density at radius 3 is 2.86 bits per heavy atom. The molecule has 1 atom stereocenters. The minimum atomic E-state index is -1.51. The van der Waals surface area contributed by atoms with Crippen molar-refractivity contribution in [3.8, 4) is 5.75 Å². The van der Waals surface area contributed by atoms with Crippen molar-refractivity contribution in [2.24, 2.45) is 5.73 Å². The molecule has 1 aliphatic heterocycles. The molecule has 1 aliphatic rings. The zero-order valence-corrected chi connectivity index (χ0v) is 12.4. The molecule has 0 aliphatic carbocycles. The van der Waals surface area contributed by atoms with E-state index < -0.39 is 17.5 Å². The van der Waals surface area contributed by atoms with E-state index in [1.807, 2.05) is 4.57 Å². The molecule has 0 saturated heterocycles. The van der Waals surface area contributed by atoms with Crippen molar-refractivity contribution in [3.63, 3.8) is 0 Å². The lowest BCUT2D eigenvalue weighted by atomic mass is 10.0. The van der Waals surface area contributed by atoms with Crippen LogP contribution in [0.3, 0.4) is 0 Å². The molecule has 22 heavy (non-hydrogen) atoms. The van der Waals surface area contributed by atoms with Gasteiger partial charge in [0, 0.05) is 30.3 Å². The predicted molar refractivity (Wildman–Crippen MR) is 76.9 cm³/mol. The number of nitrogens with two attached hydrogens (primary N) is 1. The molecule has 118 valence electrons. The lowest BCUT2D eigenvalue weighted by Gasteiger charge is -2.28. The van der Waals surface area contributed by atoms with Gasteiger partial charge in [0.1, 0.15) is 6.61 Å². The highest BCUT2D eigenvalue weighted by atomic mass is 32.1. The predicted octanol–water partition coefficient (Wildman–Crippen LogP) is 2.64. The van der Waals surface area contributed by atoms with E-state index >= 15 is 0 Å². The molecule has 4 nitrogen and oxygen atoms in total. The number of imidazole rings is 1. The van der Waals surface area contributed by atoms with Gasteiger partial charge >= 0.3 is 0 Å². The number of nitrogens with zero attached hydrogens (tertiary/aromatic N) is 1. The van der Waals surface area contributed by atoms with Crippen molar-refractivity contribution < 1.29 is 17.9 Å². The molecular weight excluding hydrogens is 315 g/mol. The molecule has 0 saturated carbocycles. The lowest BCUT2D eigenvalue weighted by Crippen LogP contribution is -2.27. The first-order valence-corrected chi connectivity index (χ1v) is 7.21. The Kier molecular flexibility index (Phi) is 3.96. The molecule has 2 heterocycles. The summed E-state index contributed by atoms with van der Waals surface area (Å²) in [5, 5.41) is 0. The van der Waals surface area contributed by atoms with Gasteiger partial charge in [0.15, 0.2) is 22.2 Å². The van der Waals surface area contributed by atoms with Crippen LogP contribution in [-0.2, 0) is 12.8 Å². The third-order valence-corrected chi connectivity index (χ3v) is 4.04. The first kappa shape index (κ1) is 15.1. The van der Waals surface area contributed by atoms with Gasteiger partial charge in [-0.1, -0.05) is 0 Å². The summed E-state index contributed by atoms with van der Waals surface area (Å²) in [5.74, 6) is -4.24. The third kappa shape index (κ3) is 2.42. The summed E-state index contributed by atoms with van der Waals surface area (Å²) in [7, 11) is 0. The van der Waals surface area contributed by atoms with E-state index in [0.29, 0.717) is 24.2 Å². The van der Waals surface area contributed by atoms with Crippen molar-refractivity contribution in [2.75, 3.05) is 13.2 Å². The van der Waals surface area contributed by atoms with Gasteiger partial charge < -0.3 is 20.0 Å². The molecule has 1 aromatic carbocycles. The second-order valence-corrected chi connectivity index (χ2v) is 5.52. The number of aromatic amines is 1. The van der Waals surface area contributed by atoms with Gasteiger partial charge in [-0.2, -0.15) is 4.39 Å². The molecule has 0 spiro atoms. The van der Waals surface area contributed by atoms with Crippen LogP contribution in [0.1, 0.15) is 17.3 Å². The summed E-state index contributed by atoms with van der Waals surface area (Å²) in [5.41, 5.74) is 6.75. The van der Waals surface area contributed by atoms with Gasteiger partial charge in [0.05, 0.1) is 6.04 Å². The highest BCUT2D eigenvalue weighted by molar-refractivity contribution is 7.71. The number of fused-ring (bicyclic) bond motifs is 1. The van der Waals surface area contributed by atoms with Crippen LogP contribution in [-0.4, -0.2) is 22.7 Å². The Labute approximate surface area is 129 Å². The van der Waals surface area contributed by atoms with E-state index in [-0.39, 0.29) is 24.0 Å². The average Bonchev–Trinajstić information content (AvgIpc) is 2.86. The van der Waals surface area contributed by atoms with Crippen molar-refractivity contribution in [1.82, 2.24) is 9.55 Å². The van der Waals surface area contributed by atoms with E-state index in [1.165, 1.54) is 0 Å². The minimum absolute atomic E-state index is 0.124. The smallest absolute Gasteiger partial charge is 0.203 e. The van der Waals surface area contributed by atoms with Crippen LogP contribution in [0.5, 0.6) is 5.75 Å². The Morgan fingerprint density at radius 2 is 2.14 bits per heavy atom. The SMILES string of the molecule is NCCc1c[nH]c(=S)n1C1COc2c(cc(F)c(F)c2F)C1. The Morgan fingerprint density at radius 1 is 1.36 bits per heavy atom. The molecule has 3 N–H and O–H groups in total. The van der Waals surface area contributed by atoms with E-state index in [1.54, 1.807) is 6.20 Å². The maximum absolute atomic E-state index is 13.7. The first-order valence-electron chi connectivity index (χ1n) is 6.81. The van der Waals surface area contributed by atoms with Gasteiger partial charge in [-0.25, -0.2) is 8.78 Å². The fraction of sp³-hybridized carbons (Fsp3) is 0.357. The largest absolute Gasteiger partial charge is 0.488 e. The molecule has 1 aromatic heterocycles. The Bertz CT molecular complexity index is 771. The molecule has 0 fully saturated rings. The third-order valence-electron chi connectivity index (χ3n) is 3.73. The number of H-pyrrole nitrogens is 1. The Hall–Kier alpha value is -1.80. The summed E-state index contributed by atoms with van der Waals surface area (Å²) >= 11 is 5.24. The van der Waals surface area contributed by atoms with Crippen molar-refractivity contribution >= 4 is 12.2 Å². The van der Waals surface area contributed by atoms with Gasteiger partial charge in [-0.05, 0) is 24.8 Å². The lowest BCUT2D eigenvalue weighted by molar-refractivity contribution is 0.206. The van der Waals surface area contributed by atoms with Crippen molar-refractivity contribution in [1.29, 1.82) is 0 Å². The van der Waals surface area contributed by atoms with Crippen LogP contribution in [0.2, 0.25) is 0 Å². The van der Waals surface area contributed by atoms with Crippen LogP contribution in [0, 0.1) is 22.2 Å². The number of rotatable bonds is 3. The zero-order chi connectivity index (χ0) is 15.9. The van der Waals surface area contributed by atoms with E-state index in [9.17, 15) is 13.2 Å². The summed E-state index contributed by atoms with van der Waals surface area (Å²) in [4.78, 5) is 2.93. The summed E-state index contributed by atoms with van der Waals surface area (Å²) in [6.45, 7) is 0.573. The van der Waals surface area contributed by atoms with Crippen LogP contribution >= 0.6 is 12.2 Å². The number of halogens is 3. The van der Waals surface area contributed by atoms with Gasteiger partial charge in [0.25, 0.3) is 0 Å². The molecule has 0 amide bonds. The monoisotopic (exact) mass is 329 g/mol. The molecule has 0 bridgehead atoms. The molecular formula is C14H14F3N3OS. The molecule has 0 radical (unpaired) electrons. The number of benzene rings is 1. The van der Waals surface area contributed by atoms with Gasteiger partial charge in [0.2, 0.25) is 5.82 Å². The standard InChI is InChI=1S/C14H14F3N3OS/c15-10-4-7-3-9(6-21-13(7)12(17)11(10)16)20-8(1-2-18)5-19-14(20)22/h4-5,9H,1-3,6,18H2,(H,19,22). The number of hydrogen-bond acceptors (Lipinski definition) is 3. The van der Waals surface area contributed by atoms with E-state index in [2.05, 4.69) is 4.98 Å². The highest BCUT2D eigenvalue weighted by Crippen LogP contribution is 2.35. The van der Waals surface area contributed by atoms with Gasteiger partial charge in [-0.3, -0.25) is 0 Å². The number of aromatic nitrogens is 2. The zero-order valence-electron chi connectivity index (χ0n) is 11.5. The van der Waals surface area contributed by atoms with Crippen molar-refractivity contribution in [3.05, 3.63) is 45.7 Å². The van der Waals surface area contributed by atoms with Crippen LogP contribution in [0.25, 0.3) is 0 Å². The van der Waals surface area contributed by atoms with Crippen molar-refractivity contribution in [2.45, 2.75) is 18.9 Å². The van der Waals surface area contributed by atoms with Crippen LogP contribution < -0.4 is 10.5 Å². The Balaban J connectivity index is 1.99. The second-order valence-electron chi connectivity index (χ2n) is 5.14. The fourth-order valence-electron chi connectivity index (χ4n) is 2.75. The number of hydrogen-bond donors (Lipinski definition) is 2. The topological polar surface area (TPSA) is 56.0 Å². The first-order chi connectivity index (χ1) is 10.5. The van der Waals surface area contributed by atoms with E-state index in [4.69, 9.17) is 22.7 Å². The average molecular weight is 329 g/mol. The molecule has 2 aromatic rings. The fourth-order valence-corrected chi connectivity index (χ4v) is 3.07. The highest BCUT2D eigenvalue weighted by Gasteiger charge is 2.29. The summed E-state index contributed by atoms with van der Waals surface area (Å²) < 4.78 is 48.0. The van der Waals surface area contributed by atoms with Crippen LogP contribution in [0.4, 0.5) is 13.2 Å².